The van der Waals surface area contributed by atoms with Crippen LogP contribution in [0.2, 0.25) is 0 Å². The number of ketones is 1. The molecule has 0 spiro atoms. The van der Waals surface area contributed by atoms with Gasteiger partial charge in [-0.25, -0.2) is 0 Å². The van der Waals surface area contributed by atoms with Gasteiger partial charge in [0.15, 0.2) is 5.78 Å². The highest BCUT2D eigenvalue weighted by atomic mass is 79.9. The quantitative estimate of drug-likeness (QED) is 0.776. The fourth-order valence-corrected chi connectivity index (χ4v) is 1.54. The normalized spacial score (nSPS) is 10.4. The molecule has 0 aromatic heterocycles. The van der Waals surface area contributed by atoms with Crippen LogP contribution in [0.5, 0.6) is 5.75 Å². The second-order valence-corrected chi connectivity index (χ2v) is 4.28. The molecule has 0 aliphatic carbocycles. The van der Waals surface area contributed by atoms with Crippen molar-refractivity contribution >= 4 is 21.7 Å². The van der Waals surface area contributed by atoms with Crippen molar-refractivity contribution in [2.24, 2.45) is 5.92 Å². The summed E-state index contributed by atoms with van der Waals surface area (Å²) in [5.74, 6) is 0.716. The summed E-state index contributed by atoms with van der Waals surface area (Å²) in [6, 6.07) is 5.44. The van der Waals surface area contributed by atoms with E-state index in [2.05, 4.69) is 15.9 Å². The van der Waals surface area contributed by atoms with E-state index in [0.717, 1.165) is 4.47 Å². The predicted molar refractivity (Wildman–Crippen MR) is 59.9 cm³/mol. The van der Waals surface area contributed by atoms with E-state index in [9.17, 15) is 4.79 Å². The van der Waals surface area contributed by atoms with Gasteiger partial charge in [-0.05, 0) is 18.2 Å². The zero-order valence-electron chi connectivity index (χ0n) is 8.50. The summed E-state index contributed by atoms with van der Waals surface area (Å²) in [4.78, 5) is 11.8. The number of carbonyl (C=O) groups is 1. The summed E-state index contributed by atoms with van der Waals surface area (Å²) in [6.45, 7) is 3.76. The number of halogens is 1. The van der Waals surface area contributed by atoms with Crippen LogP contribution in [-0.2, 0) is 0 Å². The lowest BCUT2D eigenvalue weighted by atomic mass is 10.0. The largest absolute Gasteiger partial charge is 0.496 e. The molecule has 1 rings (SSSR count). The molecule has 76 valence electrons. The van der Waals surface area contributed by atoms with Crippen LogP contribution in [0.1, 0.15) is 24.2 Å². The fourth-order valence-electron chi connectivity index (χ4n) is 1.18. The molecule has 0 fully saturated rings. The van der Waals surface area contributed by atoms with Gasteiger partial charge in [-0.2, -0.15) is 0 Å². The van der Waals surface area contributed by atoms with E-state index in [-0.39, 0.29) is 11.7 Å². The summed E-state index contributed by atoms with van der Waals surface area (Å²) >= 11 is 3.34. The maximum atomic E-state index is 11.8. The van der Waals surface area contributed by atoms with Crippen molar-refractivity contribution in [2.45, 2.75) is 13.8 Å². The van der Waals surface area contributed by atoms with Gasteiger partial charge in [-0.1, -0.05) is 29.8 Å². The number of ether oxygens (including phenoxy) is 1. The van der Waals surface area contributed by atoms with E-state index in [4.69, 9.17) is 4.74 Å². The first-order valence-corrected chi connectivity index (χ1v) is 5.23. The summed E-state index contributed by atoms with van der Waals surface area (Å²) in [7, 11) is 1.57. The number of carbonyl (C=O) groups excluding carboxylic acids is 1. The number of benzene rings is 1. The first-order chi connectivity index (χ1) is 6.56. The van der Waals surface area contributed by atoms with E-state index >= 15 is 0 Å². The van der Waals surface area contributed by atoms with Gasteiger partial charge in [0.2, 0.25) is 0 Å². The number of rotatable bonds is 3. The molecule has 3 heteroatoms. The smallest absolute Gasteiger partial charge is 0.169 e. The Hall–Kier alpha value is -0.830. The zero-order valence-corrected chi connectivity index (χ0v) is 10.1. The third kappa shape index (κ3) is 2.35. The lowest BCUT2D eigenvalue weighted by Crippen LogP contribution is -2.09. The van der Waals surface area contributed by atoms with Crippen LogP contribution < -0.4 is 4.74 Å². The zero-order chi connectivity index (χ0) is 10.7. The number of hydrogen-bond donors (Lipinski definition) is 0. The second kappa shape index (κ2) is 4.60. The molecular formula is C11H13BrO2. The van der Waals surface area contributed by atoms with Crippen LogP contribution in [0.15, 0.2) is 22.7 Å². The monoisotopic (exact) mass is 256 g/mol. The van der Waals surface area contributed by atoms with Crippen LogP contribution in [0, 0.1) is 5.92 Å². The number of Topliss-reactive ketones (excluding diaryl/α,β-unsaturated/α-hetero) is 1. The third-order valence-corrected chi connectivity index (χ3v) is 2.44. The summed E-state index contributed by atoms with van der Waals surface area (Å²) in [5, 5.41) is 0. The van der Waals surface area contributed by atoms with E-state index in [1.165, 1.54) is 0 Å². The van der Waals surface area contributed by atoms with E-state index in [1.807, 2.05) is 19.9 Å². The average molecular weight is 257 g/mol. The molecule has 0 aliphatic heterocycles. The van der Waals surface area contributed by atoms with Crippen molar-refractivity contribution in [3.05, 3.63) is 28.2 Å². The second-order valence-electron chi connectivity index (χ2n) is 3.36. The number of hydrogen-bond acceptors (Lipinski definition) is 2. The predicted octanol–water partition coefficient (Wildman–Crippen LogP) is 3.30. The Bertz CT molecular complexity index is 345. The highest BCUT2D eigenvalue weighted by Gasteiger charge is 2.15. The van der Waals surface area contributed by atoms with Crippen molar-refractivity contribution < 1.29 is 9.53 Å². The van der Waals surface area contributed by atoms with Crippen LogP contribution in [0.4, 0.5) is 0 Å². The van der Waals surface area contributed by atoms with Crippen molar-refractivity contribution in [3.63, 3.8) is 0 Å². The minimum Gasteiger partial charge on any atom is -0.496 e. The van der Waals surface area contributed by atoms with Gasteiger partial charge in [-0.3, -0.25) is 4.79 Å². The Morgan fingerprint density at radius 1 is 1.43 bits per heavy atom. The van der Waals surface area contributed by atoms with Crippen LogP contribution >= 0.6 is 15.9 Å². The lowest BCUT2D eigenvalue weighted by Gasteiger charge is -2.09. The molecule has 0 amide bonds. The molecule has 0 atom stereocenters. The summed E-state index contributed by atoms with van der Waals surface area (Å²) in [5.41, 5.74) is 0.636. The minimum absolute atomic E-state index is 0.0156. The van der Waals surface area contributed by atoms with Gasteiger partial charge in [0.1, 0.15) is 5.75 Å². The molecule has 2 nitrogen and oxygen atoms in total. The standard InChI is InChI=1S/C11H13BrO2/c1-7(2)11(13)9-6-8(12)4-5-10(9)14-3/h4-7H,1-3H3. The molecule has 14 heavy (non-hydrogen) atoms. The van der Waals surface area contributed by atoms with E-state index in [1.54, 1.807) is 19.2 Å². The molecule has 0 radical (unpaired) electrons. The summed E-state index contributed by atoms with van der Waals surface area (Å²) < 4.78 is 6.02. The average Bonchev–Trinajstić information content (AvgIpc) is 2.16. The first-order valence-electron chi connectivity index (χ1n) is 4.44. The van der Waals surface area contributed by atoms with Gasteiger partial charge in [0.05, 0.1) is 12.7 Å². The van der Waals surface area contributed by atoms with Crippen molar-refractivity contribution in [3.8, 4) is 5.75 Å². The highest BCUT2D eigenvalue weighted by Crippen LogP contribution is 2.25. The van der Waals surface area contributed by atoms with Gasteiger partial charge >= 0.3 is 0 Å². The van der Waals surface area contributed by atoms with Gasteiger partial charge in [-0.15, -0.1) is 0 Å². The Morgan fingerprint density at radius 3 is 2.57 bits per heavy atom. The van der Waals surface area contributed by atoms with Crippen LogP contribution in [0.25, 0.3) is 0 Å². The molecule has 0 aliphatic rings. The van der Waals surface area contributed by atoms with Gasteiger partial charge in [0, 0.05) is 10.4 Å². The molecular weight excluding hydrogens is 244 g/mol. The van der Waals surface area contributed by atoms with Crippen molar-refractivity contribution in [2.75, 3.05) is 7.11 Å². The molecule has 0 heterocycles. The molecule has 0 saturated heterocycles. The minimum atomic E-state index is -0.0156. The van der Waals surface area contributed by atoms with E-state index in [0.29, 0.717) is 11.3 Å². The number of methoxy groups -OCH3 is 1. The SMILES string of the molecule is COc1ccc(Br)cc1C(=O)C(C)C. The van der Waals surface area contributed by atoms with E-state index < -0.39 is 0 Å². The van der Waals surface area contributed by atoms with Gasteiger partial charge < -0.3 is 4.74 Å². The van der Waals surface area contributed by atoms with Crippen molar-refractivity contribution in [1.82, 2.24) is 0 Å². The lowest BCUT2D eigenvalue weighted by molar-refractivity contribution is 0.0936. The highest BCUT2D eigenvalue weighted by molar-refractivity contribution is 9.10. The molecule has 1 aromatic rings. The Kier molecular flexibility index (Phi) is 3.69. The molecule has 0 N–H and O–H groups in total. The van der Waals surface area contributed by atoms with Crippen molar-refractivity contribution in [1.29, 1.82) is 0 Å². The maximum Gasteiger partial charge on any atom is 0.169 e. The molecule has 1 aromatic carbocycles. The molecule has 0 saturated carbocycles. The fraction of sp³-hybridized carbons (Fsp3) is 0.364. The van der Waals surface area contributed by atoms with Crippen LogP contribution in [0.3, 0.4) is 0 Å². The Labute approximate surface area is 92.4 Å². The van der Waals surface area contributed by atoms with Crippen LogP contribution in [-0.4, -0.2) is 12.9 Å². The topological polar surface area (TPSA) is 26.3 Å². The molecule has 0 unspecified atom stereocenters. The maximum absolute atomic E-state index is 11.8. The molecule has 0 bridgehead atoms. The third-order valence-electron chi connectivity index (χ3n) is 1.95. The van der Waals surface area contributed by atoms with Gasteiger partial charge in [0.25, 0.3) is 0 Å². The Balaban J connectivity index is 3.17. The Morgan fingerprint density at radius 2 is 2.07 bits per heavy atom. The summed E-state index contributed by atoms with van der Waals surface area (Å²) in [6.07, 6.45) is 0. The first kappa shape index (κ1) is 11.2.